The van der Waals surface area contributed by atoms with Crippen LogP contribution in [-0.2, 0) is 19.0 Å². The highest BCUT2D eigenvalue weighted by atomic mass is 32.2. The molecule has 1 aliphatic rings. The molecule has 1 heterocycles. The maximum Gasteiger partial charge on any atom is 0.297 e. The summed E-state index contributed by atoms with van der Waals surface area (Å²) in [7, 11) is -3.96. The lowest BCUT2D eigenvalue weighted by Crippen LogP contribution is -2.40. The number of rotatable bonds is 5. The van der Waals surface area contributed by atoms with Gasteiger partial charge in [-0.1, -0.05) is 0 Å². The van der Waals surface area contributed by atoms with Crippen LogP contribution in [-0.4, -0.2) is 49.8 Å². The third-order valence-corrected chi connectivity index (χ3v) is 4.88. The maximum atomic E-state index is 12.1. The molecular formula is C14H20N2O6S. The fourth-order valence-corrected chi connectivity index (χ4v) is 3.02. The van der Waals surface area contributed by atoms with Crippen molar-refractivity contribution in [2.75, 3.05) is 19.9 Å². The van der Waals surface area contributed by atoms with Crippen molar-refractivity contribution in [3.63, 3.8) is 0 Å². The molecule has 23 heavy (non-hydrogen) atoms. The summed E-state index contributed by atoms with van der Waals surface area (Å²) >= 11 is 0. The van der Waals surface area contributed by atoms with E-state index in [0.717, 1.165) is 24.3 Å². The lowest BCUT2D eigenvalue weighted by molar-refractivity contribution is -0.384. The molecule has 0 spiro atoms. The Labute approximate surface area is 135 Å². The Morgan fingerprint density at radius 2 is 1.96 bits per heavy atom. The van der Waals surface area contributed by atoms with Crippen LogP contribution in [0.15, 0.2) is 29.2 Å². The summed E-state index contributed by atoms with van der Waals surface area (Å²) < 4.78 is 34.7. The molecule has 128 valence electrons. The van der Waals surface area contributed by atoms with Gasteiger partial charge in [-0.2, -0.15) is 8.42 Å². The molecule has 1 aromatic carbocycles. The Hall–Kier alpha value is -1.55. The number of ether oxygens (including phenoxy) is 1. The molecule has 1 fully saturated rings. The van der Waals surface area contributed by atoms with Crippen LogP contribution < -0.4 is 0 Å². The Balaban J connectivity index is 1.96. The average molecular weight is 344 g/mol. The van der Waals surface area contributed by atoms with Gasteiger partial charge in [0.25, 0.3) is 15.8 Å². The quantitative estimate of drug-likeness (QED) is 0.456. The number of non-ortho nitro benzene ring substituents is 1. The first-order valence-electron chi connectivity index (χ1n) is 7.10. The highest BCUT2D eigenvalue weighted by Crippen LogP contribution is 2.22. The van der Waals surface area contributed by atoms with E-state index in [1.54, 1.807) is 0 Å². The second kappa shape index (κ2) is 6.52. The maximum absolute atomic E-state index is 12.1. The number of nitrogens with zero attached hydrogens (tertiary/aromatic N) is 2. The fourth-order valence-electron chi connectivity index (χ4n) is 2.08. The van der Waals surface area contributed by atoms with E-state index in [-0.39, 0.29) is 28.8 Å². The molecule has 1 saturated heterocycles. The minimum Gasteiger partial charge on any atom is -0.359 e. The van der Waals surface area contributed by atoms with Crippen LogP contribution in [0.5, 0.6) is 0 Å². The molecule has 0 unspecified atom stereocenters. The largest absolute Gasteiger partial charge is 0.359 e. The highest BCUT2D eigenvalue weighted by molar-refractivity contribution is 7.86. The van der Waals surface area contributed by atoms with Crippen molar-refractivity contribution in [3.8, 4) is 0 Å². The van der Waals surface area contributed by atoms with Gasteiger partial charge >= 0.3 is 0 Å². The first-order valence-corrected chi connectivity index (χ1v) is 8.51. The summed E-state index contributed by atoms with van der Waals surface area (Å²) in [5.74, 6) is 0. The van der Waals surface area contributed by atoms with Crippen LogP contribution in [0.4, 0.5) is 5.69 Å². The lowest BCUT2D eigenvalue weighted by Gasteiger charge is -2.29. The second-order valence-electron chi connectivity index (χ2n) is 6.30. The Morgan fingerprint density at radius 3 is 2.43 bits per heavy atom. The summed E-state index contributed by atoms with van der Waals surface area (Å²) in [5, 5.41) is 10.6. The Kier molecular flexibility index (Phi) is 5.04. The topological polar surface area (TPSA) is 99.0 Å². The smallest absolute Gasteiger partial charge is 0.297 e. The van der Waals surface area contributed by atoms with Crippen LogP contribution in [0.2, 0.25) is 0 Å². The van der Waals surface area contributed by atoms with Crippen molar-refractivity contribution in [3.05, 3.63) is 34.4 Å². The third kappa shape index (κ3) is 4.47. The molecule has 0 radical (unpaired) electrons. The van der Waals surface area contributed by atoms with Gasteiger partial charge in [0.2, 0.25) is 0 Å². The van der Waals surface area contributed by atoms with E-state index >= 15 is 0 Å². The predicted molar refractivity (Wildman–Crippen MR) is 82.4 cm³/mol. The SMILES string of the molecule is CC(C)(C)N1CO[C@H](COS(=O)(=O)c2ccc([N+](=O)[O-])cc2)C1. The predicted octanol–water partition coefficient (Wildman–Crippen LogP) is 1.76. The molecule has 0 bridgehead atoms. The van der Waals surface area contributed by atoms with Crippen molar-refractivity contribution in [1.82, 2.24) is 4.90 Å². The first-order chi connectivity index (χ1) is 10.6. The third-order valence-electron chi connectivity index (χ3n) is 3.58. The van der Waals surface area contributed by atoms with E-state index in [1.807, 2.05) is 20.8 Å². The molecular weight excluding hydrogens is 324 g/mol. The normalized spacial score (nSPS) is 19.9. The van der Waals surface area contributed by atoms with Gasteiger partial charge in [0.05, 0.1) is 22.5 Å². The van der Waals surface area contributed by atoms with Crippen molar-refractivity contribution >= 4 is 15.8 Å². The van der Waals surface area contributed by atoms with Crippen molar-refractivity contribution in [2.24, 2.45) is 0 Å². The summed E-state index contributed by atoms with van der Waals surface area (Å²) in [5.41, 5.74) is -0.240. The highest BCUT2D eigenvalue weighted by Gasteiger charge is 2.32. The number of hydrogen-bond acceptors (Lipinski definition) is 7. The average Bonchev–Trinajstić information content (AvgIpc) is 2.94. The molecule has 1 aliphatic heterocycles. The molecule has 9 heteroatoms. The second-order valence-corrected chi connectivity index (χ2v) is 7.92. The zero-order valence-electron chi connectivity index (χ0n) is 13.3. The zero-order valence-corrected chi connectivity index (χ0v) is 14.1. The molecule has 8 nitrogen and oxygen atoms in total. The standard InChI is InChI=1S/C14H20N2O6S/c1-14(2,3)15-8-12(21-10-15)9-22-23(19,20)13-6-4-11(5-7-13)16(17)18/h4-7,12H,8-10H2,1-3H3/t12-/m0/s1. The van der Waals surface area contributed by atoms with Gasteiger partial charge in [0.1, 0.15) is 6.73 Å². The fraction of sp³-hybridized carbons (Fsp3) is 0.571. The minimum absolute atomic E-state index is 0.0635. The summed E-state index contributed by atoms with van der Waals surface area (Å²) in [4.78, 5) is 12.0. The number of nitro groups is 1. The summed E-state index contributed by atoms with van der Waals surface area (Å²) in [6.07, 6.45) is -0.331. The van der Waals surface area contributed by atoms with Crippen molar-refractivity contribution in [2.45, 2.75) is 37.3 Å². The lowest BCUT2D eigenvalue weighted by atomic mass is 10.1. The van der Waals surface area contributed by atoms with Crippen LogP contribution in [0.3, 0.4) is 0 Å². The molecule has 0 aromatic heterocycles. The van der Waals surface area contributed by atoms with Gasteiger partial charge in [0.15, 0.2) is 0 Å². The van der Waals surface area contributed by atoms with Gasteiger partial charge in [-0.15, -0.1) is 0 Å². The molecule has 0 amide bonds. The number of nitro benzene ring substituents is 1. The van der Waals surface area contributed by atoms with E-state index < -0.39 is 15.0 Å². The zero-order chi connectivity index (χ0) is 17.3. The summed E-state index contributed by atoms with van der Waals surface area (Å²) in [6.45, 7) is 7.06. The monoisotopic (exact) mass is 344 g/mol. The van der Waals surface area contributed by atoms with Crippen LogP contribution in [0.1, 0.15) is 20.8 Å². The van der Waals surface area contributed by atoms with E-state index in [4.69, 9.17) is 8.92 Å². The van der Waals surface area contributed by atoms with Gasteiger partial charge in [-0.25, -0.2) is 0 Å². The molecule has 1 aromatic rings. The van der Waals surface area contributed by atoms with Gasteiger partial charge in [-0.3, -0.25) is 19.2 Å². The van der Waals surface area contributed by atoms with E-state index in [2.05, 4.69) is 4.90 Å². The van der Waals surface area contributed by atoms with Gasteiger partial charge in [0, 0.05) is 24.2 Å². The van der Waals surface area contributed by atoms with Crippen molar-refractivity contribution < 1.29 is 22.3 Å². The number of benzene rings is 1. The Bertz CT molecular complexity index is 666. The Morgan fingerprint density at radius 1 is 1.35 bits per heavy atom. The van der Waals surface area contributed by atoms with Crippen LogP contribution >= 0.6 is 0 Å². The van der Waals surface area contributed by atoms with Crippen molar-refractivity contribution in [1.29, 1.82) is 0 Å². The van der Waals surface area contributed by atoms with Gasteiger partial charge in [-0.05, 0) is 32.9 Å². The molecule has 0 aliphatic carbocycles. The van der Waals surface area contributed by atoms with E-state index in [1.165, 1.54) is 0 Å². The van der Waals surface area contributed by atoms with E-state index in [0.29, 0.717) is 13.3 Å². The van der Waals surface area contributed by atoms with Crippen LogP contribution in [0, 0.1) is 10.1 Å². The molecule has 2 rings (SSSR count). The molecule has 0 N–H and O–H groups in total. The number of hydrogen-bond donors (Lipinski definition) is 0. The molecule has 0 saturated carbocycles. The van der Waals surface area contributed by atoms with E-state index in [9.17, 15) is 18.5 Å². The summed E-state index contributed by atoms with van der Waals surface area (Å²) in [6, 6.07) is 4.57. The minimum atomic E-state index is -3.96. The first kappa shape index (κ1) is 17.8. The van der Waals surface area contributed by atoms with Crippen LogP contribution in [0.25, 0.3) is 0 Å². The molecule has 1 atom stereocenters. The van der Waals surface area contributed by atoms with Gasteiger partial charge < -0.3 is 4.74 Å².